The highest BCUT2D eigenvalue weighted by Crippen LogP contribution is 2.30. The second-order valence-corrected chi connectivity index (χ2v) is 17.9. The highest BCUT2D eigenvalue weighted by atomic mass is 32.2. The molecule has 1 fully saturated rings. The summed E-state index contributed by atoms with van der Waals surface area (Å²) in [5.74, 6) is -0.559. The second kappa shape index (κ2) is 24.0. The minimum atomic E-state index is -4.45. The summed E-state index contributed by atoms with van der Waals surface area (Å²) in [7, 11) is -0.494. The molecule has 1 saturated heterocycles. The Morgan fingerprint density at radius 3 is 2.29 bits per heavy atom. The van der Waals surface area contributed by atoms with Gasteiger partial charge in [-0.1, -0.05) is 29.5 Å². The fourth-order valence-electron chi connectivity index (χ4n) is 7.22. The van der Waals surface area contributed by atoms with Crippen LogP contribution in [0.5, 0.6) is 0 Å². The summed E-state index contributed by atoms with van der Waals surface area (Å²) < 4.78 is 58.9. The van der Waals surface area contributed by atoms with Crippen LogP contribution in [0.2, 0.25) is 0 Å². The van der Waals surface area contributed by atoms with Crippen molar-refractivity contribution in [2.75, 3.05) is 75.7 Å². The third kappa shape index (κ3) is 14.4. The van der Waals surface area contributed by atoms with Gasteiger partial charge in [0.15, 0.2) is 12.6 Å². The van der Waals surface area contributed by atoms with E-state index >= 15 is 0 Å². The van der Waals surface area contributed by atoms with Gasteiger partial charge in [0.05, 0.1) is 57.1 Å². The van der Waals surface area contributed by atoms with Crippen LogP contribution in [0.3, 0.4) is 0 Å². The van der Waals surface area contributed by atoms with E-state index in [0.29, 0.717) is 54.0 Å². The zero-order valence-corrected chi connectivity index (χ0v) is 39.0. The van der Waals surface area contributed by atoms with Gasteiger partial charge >= 0.3 is 0 Å². The average Bonchev–Trinajstić information content (AvgIpc) is 3.77. The number of nitrogens with one attached hydrogen (secondary N) is 4. The van der Waals surface area contributed by atoms with E-state index in [0.717, 1.165) is 17.1 Å². The Hall–Kier alpha value is -5.70. The van der Waals surface area contributed by atoms with Crippen LogP contribution in [0.25, 0.3) is 10.8 Å². The molecule has 0 unspecified atom stereocenters. The molecule has 4 aromatic carbocycles. The van der Waals surface area contributed by atoms with E-state index < -0.39 is 65.2 Å². The second-order valence-electron chi connectivity index (χ2n) is 16.5. The number of aromatic nitrogens is 3. The molecule has 9 N–H and O–H groups in total. The number of azo groups is 1. The maximum absolute atomic E-state index is 12.1. The zero-order chi connectivity index (χ0) is 48.8. The Kier molecular flexibility index (Phi) is 18.3. The predicted molar refractivity (Wildman–Crippen MR) is 251 cm³/mol. The molecule has 0 aliphatic carbocycles. The summed E-state index contributed by atoms with van der Waals surface area (Å²) >= 11 is 0. The van der Waals surface area contributed by atoms with E-state index in [1.807, 2.05) is 67.5 Å². The number of amides is 1. The van der Waals surface area contributed by atoms with Crippen molar-refractivity contribution in [3.63, 3.8) is 0 Å². The summed E-state index contributed by atoms with van der Waals surface area (Å²) in [6.07, 6.45) is -5.58. The number of ether oxygens (including phenoxy) is 4. The predicted octanol–water partition coefficient (Wildman–Crippen LogP) is 2.54. The van der Waals surface area contributed by atoms with E-state index in [2.05, 4.69) is 41.8 Å². The third-order valence-electron chi connectivity index (χ3n) is 10.8. The minimum absolute atomic E-state index is 0.0558. The maximum atomic E-state index is 12.1. The molecule has 6 rings (SSSR count). The Balaban J connectivity index is 0.987. The zero-order valence-electron chi connectivity index (χ0n) is 38.2. The van der Waals surface area contributed by atoms with Crippen molar-refractivity contribution in [1.29, 1.82) is 0 Å². The van der Waals surface area contributed by atoms with Crippen LogP contribution in [0.4, 0.5) is 28.4 Å². The average molecular weight is 965 g/mol. The van der Waals surface area contributed by atoms with Crippen LogP contribution in [0, 0.1) is 0 Å². The van der Waals surface area contributed by atoms with E-state index in [1.54, 1.807) is 35.1 Å². The lowest BCUT2D eigenvalue weighted by Gasteiger charge is -2.44. The lowest BCUT2D eigenvalue weighted by atomic mass is 9.96. The molecule has 68 heavy (non-hydrogen) atoms. The maximum Gasteiger partial charge on any atom is 0.295 e. The highest BCUT2D eigenvalue weighted by molar-refractivity contribution is 7.86. The highest BCUT2D eigenvalue weighted by Gasteiger charge is 2.48. The summed E-state index contributed by atoms with van der Waals surface area (Å²) in [6, 6.07) is 23.6. The van der Waals surface area contributed by atoms with Gasteiger partial charge < -0.3 is 65.5 Å². The summed E-state index contributed by atoms with van der Waals surface area (Å²) in [4.78, 5) is 13.9. The van der Waals surface area contributed by atoms with Gasteiger partial charge in [-0.05, 0) is 67.6 Å². The number of nitrogens with zero attached hydrogens (tertiary/aromatic N) is 6. The smallest absolute Gasteiger partial charge is 0.295 e. The number of carbonyl (C=O) groups is 1. The number of rotatable bonds is 25. The normalized spacial score (nSPS) is 20.0. The fraction of sp³-hybridized carbons (Fsp3) is 0.444. The molecule has 1 amide bonds. The topological polar surface area (TPSA) is 296 Å². The SMILES string of the molecule is CC(=O)N[C@H]1[C@H](O[C@@H](OCCOCCn2cc(CNc3ccc(/N=N/c4ccc(N(C)C)cc4)cc3)nn2)[C@](C)(O)CNCCNc2cccc3c(S(=O)(=O)O)cccc23)O[C@H](CO)[C@@H](O)[C@@H]1O. The number of carbonyl (C=O) groups excluding carboxylic acids is 1. The van der Waals surface area contributed by atoms with E-state index in [1.165, 1.54) is 26.0 Å². The Labute approximate surface area is 394 Å². The van der Waals surface area contributed by atoms with Crippen molar-refractivity contribution >= 4 is 55.2 Å². The first-order valence-electron chi connectivity index (χ1n) is 21.8. The standard InChI is InChI=1S/C45H60N10O12S/c1-29(57)49-40-42(59)41(58)38(27-56)66-43(40)67-44(45(2,60)28-46-19-20-47-37-9-5-8-36-35(37)7-6-10-39(36)68(61,62)63)65-24-23-64-22-21-55-26-33(52-53-55)25-48-30-11-13-31(14-12-30)50-51-32-15-17-34(18-16-32)54(3)4/h5-18,26,38,40-44,46-48,56,58-60H,19-25,27-28H2,1-4H3,(H,49,57)(H,61,62,63)/b51-50+/t38-,40-,41-,42-,43+,44-,45-/m1/s1. The van der Waals surface area contributed by atoms with Crippen LogP contribution >= 0.6 is 0 Å². The Morgan fingerprint density at radius 1 is 0.926 bits per heavy atom. The van der Waals surface area contributed by atoms with Gasteiger partial charge in [0, 0.05) is 68.5 Å². The molecule has 0 saturated carbocycles. The lowest BCUT2D eigenvalue weighted by molar-refractivity contribution is -0.340. The number of fused-ring (bicyclic) bond motifs is 1. The van der Waals surface area contributed by atoms with Crippen molar-refractivity contribution in [2.45, 2.75) is 74.4 Å². The first-order chi connectivity index (χ1) is 32.5. The van der Waals surface area contributed by atoms with Gasteiger partial charge in [-0.3, -0.25) is 9.35 Å². The van der Waals surface area contributed by atoms with Crippen molar-refractivity contribution in [3.8, 4) is 0 Å². The van der Waals surface area contributed by atoms with Gasteiger partial charge in [-0.2, -0.15) is 18.6 Å². The number of aliphatic hydroxyl groups excluding tert-OH is 3. The van der Waals surface area contributed by atoms with Crippen LogP contribution < -0.4 is 26.2 Å². The number of anilines is 3. The van der Waals surface area contributed by atoms with E-state index in [4.69, 9.17) is 18.9 Å². The molecule has 23 heteroatoms. The first-order valence-corrected chi connectivity index (χ1v) is 23.3. The van der Waals surface area contributed by atoms with Crippen molar-refractivity contribution in [3.05, 3.63) is 96.8 Å². The number of hydrogen-bond acceptors (Lipinski definition) is 19. The molecule has 1 aliphatic rings. The monoisotopic (exact) mass is 964 g/mol. The fourth-order valence-corrected chi connectivity index (χ4v) is 7.93. The van der Waals surface area contributed by atoms with Gasteiger partial charge in [-0.15, -0.1) is 5.10 Å². The van der Waals surface area contributed by atoms with Gasteiger partial charge in [0.25, 0.3) is 10.1 Å². The quantitative estimate of drug-likeness (QED) is 0.0176. The molecule has 7 atom stereocenters. The molecule has 5 aromatic rings. The Morgan fingerprint density at radius 2 is 1.62 bits per heavy atom. The van der Waals surface area contributed by atoms with Crippen LogP contribution in [0.15, 0.2) is 106 Å². The Bertz CT molecular complexity index is 2530. The van der Waals surface area contributed by atoms with Crippen molar-refractivity contribution < 1.29 is 57.1 Å². The molecular weight excluding hydrogens is 905 g/mol. The van der Waals surface area contributed by atoms with Crippen LogP contribution in [-0.2, 0) is 46.9 Å². The van der Waals surface area contributed by atoms with E-state index in [9.17, 15) is 38.2 Å². The summed E-state index contributed by atoms with van der Waals surface area (Å²) in [5.41, 5.74) is 2.94. The first kappa shape index (κ1) is 51.7. The van der Waals surface area contributed by atoms with Crippen LogP contribution in [0.1, 0.15) is 19.5 Å². The third-order valence-corrected chi connectivity index (χ3v) is 11.7. The molecule has 0 spiro atoms. The molecule has 368 valence electrons. The van der Waals surface area contributed by atoms with Gasteiger partial charge in [-0.25, -0.2) is 4.68 Å². The number of aliphatic hydroxyl groups is 4. The summed E-state index contributed by atoms with van der Waals surface area (Å²) in [6.45, 7) is 3.48. The molecule has 1 aromatic heterocycles. The van der Waals surface area contributed by atoms with Crippen molar-refractivity contribution in [1.82, 2.24) is 25.6 Å². The number of benzene rings is 4. The summed E-state index contributed by atoms with van der Waals surface area (Å²) in [5, 5.41) is 73.2. The van der Waals surface area contributed by atoms with Crippen LogP contribution in [-0.4, -0.2) is 157 Å². The minimum Gasteiger partial charge on any atom is -0.394 e. The number of hydrogen-bond donors (Lipinski definition) is 9. The van der Waals surface area contributed by atoms with Gasteiger partial charge in [0.2, 0.25) is 5.91 Å². The lowest BCUT2D eigenvalue weighted by Crippen LogP contribution is -2.66. The van der Waals surface area contributed by atoms with Gasteiger partial charge in [0.1, 0.15) is 40.5 Å². The molecule has 0 bridgehead atoms. The van der Waals surface area contributed by atoms with E-state index in [-0.39, 0.29) is 31.3 Å². The molecule has 22 nitrogen and oxygen atoms in total. The van der Waals surface area contributed by atoms with Crippen molar-refractivity contribution in [2.24, 2.45) is 10.2 Å². The molecule has 1 aliphatic heterocycles. The largest absolute Gasteiger partial charge is 0.394 e. The molecule has 0 radical (unpaired) electrons. The molecule has 2 heterocycles. The molecular formula is C45H60N10O12S.